The summed E-state index contributed by atoms with van der Waals surface area (Å²) in [5.74, 6) is -1.46. The fourth-order valence-electron chi connectivity index (χ4n) is 7.47. The Morgan fingerprint density at radius 2 is 1.36 bits per heavy atom. The molecule has 3 fully saturated rings. The molecule has 2 bridgehead atoms. The van der Waals surface area contributed by atoms with E-state index in [2.05, 4.69) is 20.8 Å². The van der Waals surface area contributed by atoms with Crippen LogP contribution in [0.5, 0.6) is 0 Å². The summed E-state index contributed by atoms with van der Waals surface area (Å²) in [5.41, 5.74) is -0.463. The van der Waals surface area contributed by atoms with Crippen LogP contribution >= 0.6 is 0 Å². The predicted octanol–water partition coefficient (Wildman–Crippen LogP) is 6.17. The standard InChI is InChI=1S/C35H40O7/c1-23-20-28(40-30(37)18-16-25-12-8-6-9-13-25)32(39-24(2)36)34(5)29(21-27-22-35(23,34)42-33(27,3)4)41-31(38)19-17-26-14-10-7-11-15-26/h6-19,23,27-29,32H,20-22H2,1-5H3. The maximum atomic E-state index is 13.2. The largest absolute Gasteiger partial charge is 0.458 e. The molecule has 0 aromatic heterocycles. The summed E-state index contributed by atoms with van der Waals surface area (Å²) in [6.07, 6.45) is 5.65. The molecule has 2 aliphatic carbocycles. The summed E-state index contributed by atoms with van der Waals surface area (Å²) in [5, 5.41) is 0. The molecule has 7 atom stereocenters. The summed E-state index contributed by atoms with van der Waals surface area (Å²) < 4.78 is 25.2. The SMILES string of the molecule is CC(=O)OC1C(OC(=O)C=Cc2ccccc2)CC(C)C23CC(CC(OC(=O)C=Cc4ccccc4)C12C)C(C)(C)O3. The second-order valence-corrected chi connectivity index (χ2v) is 12.6. The Morgan fingerprint density at radius 1 is 0.810 bits per heavy atom. The molecule has 2 aromatic rings. The van der Waals surface area contributed by atoms with Crippen molar-refractivity contribution in [1.82, 2.24) is 0 Å². The average Bonchev–Trinajstić information content (AvgIpc) is 3.20. The molecule has 2 aromatic carbocycles. The van der Waals surface area contributed by atoms with Crippen molar-refractivity contribution in [3.63, 3.8) is 0 Å². The number of ether oxygens (including phenoxy) is 4. The van der Waals surface area contributed by atoms with Gasteiger partial charge in [-0.3, -0.25) is 4.79 Å². The Morgan fingerprint density at radius 3 is 1.90 bits per heavy atom. The molecule has 7 nitrogen and oxygen atoms in total. The Kier molecular flexibility index (Phi) is 8.17. The monoisotopic (exact) mass is 572 g/mol. The van der Waals surface area contributed by atoms with Gasteiger partial charge in [0.2, 0.25) is 0 Å². The first-order chi connectivity index (χ1) is 19.9. The number of hydrogen-bond donors (Lipinski definition) is 0. The molecule has 0 N–H and O–H groups in total. The maximum absolute atomic E-state index is 13.2. The molecular weight excluding hydrogens is 532 g/mol. The van der Waals surface area contributed by atoms with Crippen molar-refractivity contribution in [2.75, 3.05) is 0 Å². The van der Waals surface area contributed by atoms with E-state index in [0.717, 1.165) is 17.5 Å². The second-order valence-electron chi connectivity index (χ2n) is 12.6. The first-order valence-corrected chi connectivity index (χ1v) is 14.7. The molecule has 7 unspecified atom stereocenters. The lowest BCUT2D eigenvalue weighted by Crippen LogP contribution is -2.71. The van der Waals surface area contributed by atoms with Crippen LogP contribution in [-0.2, 0) is 33.3 Å². The van der Waals surface area contributed by atoms with E-state index >= 15 is 0 Å². The zero-order valence-corrected chi connectivity index (χ0v) is 24.9. The van der Waals surface area contributed by atoms with Gasteiger partial charge in [0.05, 0.1) is 16.6 Å². The van der Waals surface area contributed by atoms with Crippen LogP contribution in [0.2, 0.25) is 0 Å². The van der Waals surface area contributed by atoms with E-state index in [9.17, 15) is 14.4 Å². The minimum atomic E-state index is -0.981. The lowest BCUT2D eigenvalue weighted by atomic mass is 9.49. The summed E-state index contributed by atoms with van der Waals surface area (Å²) in [6.45, 7) is 9.53. The molecule has 1 spiro atoms. The van der Waals surface area contributed by atoms with Crippen LogP contribution in [0.3, 0.4) is 0 Å². The van der Waals surface area contributed by atoms with Crippen LogP contribution in [0.1, 0.15) is 65.0 Å². The van der Waals surface area contributed by atoms with Gasteiger partial charge < -0.3 is 18.9 Å². The highest BCUT2D eigenvalue weighted by atomic mass is 16.6. The van der Waals surface area contributed by atoms with Crippen molar-refractivity contribution in [3.05, 3.63) is 83.9 Å². The Hall–Kier alpha value is -3.71. The van der Waals surface area contributed by atoms with E-state index in [1.54, 1.807) is 12.2 Å². The quantitative estimate of drug-likeness (QED) is 0.223. The minimum Gasteiger partial charge on any atom is -0.458 e. The fraction of sp³-hybridized carbons (Fsp3) is 0.457. The van der Waals surface area contributed by atoms with Crippen molar-refractivity contribution >= 4 is 30.1 Å². The molecule has 7 heteroatoms. The van der Waals surface area contributed by atoms with Gasteiger partial charge in [-0.2, -0.15) is 0 Å². The Balaban J connectivity index is 1.47. The number of carbonyl (C=O) groups excluding carboxylic acids is 3. The lowest BCUT2D eigenvalue weighted by Gasteiger charge is -2.61. The van der Waals surface area contributed by atoms with Gasteiger partial charge in [-0.05, 0) is 75.1 Å². The van der Waals surface area contributed by atoms with Crippen molar-refractivity contribution in [2.24, 2.45) is 17.3 Å². The topological polar surface area (TPSA) is 88.1 Å². The molecule has 1 saturated heterocycles. The van der Waals surface area contributed by atoms with Gasteiger partial charge in [0, 0.05) is 19.1 Å². The molecular formula is C35H40O7. The number of hydrogen-bond acceptors (Lipinski definition) is 7. The summed E-state index contributed by atoms with van der Waals surface area (Å²) in [6, 6.07) is 19.0. The van der Waals surface area contributed by atoms with Crippen LogP contribution < -0.4 is 0 Å². The van der Waals surface area contributed by atoms with Crippen LogP contribution in [-0.4, -0.2) is 47.4 Å². The molecule has 0 radical (unpaired) electrons. The summed E-state index contributed by atoms with van der Waals surface area (Å²) in [4.78, 5) is 38.8. The van der Waals surface area contributed by atoms with E-state index < -0.39 is 52.8 Å². The highest BCUT2D eigenvalue weighted by Crippen LogP contribution is 2.67. The third-order valence-electron chi connectivity index (χ3n) is 9.61. The van der Waals surface area contributed by atoms with E-state index in [1.165, 1.54) is 19.1 Å². The molecule has 1 aliphatic heterocycles. The molecule has 1 heterocycles. The van der Waals surface area contributed by atoms with Crippen molar-refractivity contribution in [1.29, 1.82) is 0 Å². The van der Waals surface area contributed by atoms with Gasteiger partial charge in [-0.25, -0.2) is 9.59 Å². The minimum absolute atomic E-state index is 0.0733. The second kappa shape index (κ2) is 11.5. The number of benzene rings is 2. The molecule has 0 amide bonds. The van der Waals surface area contributed by atoms with Crippen LogP contribution in [0.4, 0.5) is 0 Å². The lowest BCUT2D eigenvalue weighted by molar-refractivity contribution is -0.284. The smallest absolute Gasteiger partial charge is 0.331 e. The van der Waals surface area contributed by atoms with Gasteiger partial charge in [-0.1, -0.05) is 67.6 Å². The molecule has 42 heavy (non-hydrogen) atoms. The molecule has 222 valence electrons. The van der Waals surface area contributed by atoms with Gasteiger partial charge in [0.15, 0.2) is 6.10 Å². The Bertz CT molecular complexity index is 1360. The molecule has 5 rings (SSSR count). The van der Waals surface area contributed by atoms with Crippen molar-refractivity contribution in [3.8, 4) is 0 Å². The van der Waals surface area contributed by atoms with Gasteiger partial charge in [-0.15, -0.1) is 0 Å². The maximum Gasteiger partial charge on any atom is 0.331 e. The first kappa shape index (κ1) is 29.8. The number of rotatable bonds is 7. The Labute approximate surface area is 247 Å². The molecule has 2 saturated carbocycles. The average molecular weight is 573 g/mol. The molecule has 3 aliphatic rings. The van der Waals surface area contributed by atoms with E-state index in [-0.39, 0.29) is 11.8 Å². The number of esters is 3. The van der Waals surface area contributed by atoms with Crippen LogP contribution in [0, 0.1) is 17.3 Å². The normalized spacial score (nSPS) is 33.2. The van der Waals surface area contributed by atoms with Gasteiger partial charge in [0.25, 0.3) is 0 Å². The van der Waals surface area contributed by atoms with E-state index in [0.29, 0.717) is 12.8 Å². The van der Waals surface area contributed by atoms with E-state index in [4.69, 9.17) is 18.9 Å². The summed E-state index contributed by atoms with van der Waals surface area (Å²) >= 11 is 0. The number of fused-ring (bicyclic) bond motifs is 1. The van der Waals surface area contributed by atoms with Crippen molar-refractivity contribution in [2.45, 2.75) is 83.4 Å². The van der Waals surface area contributed by atoms with Crippen LogP contribution in [0.15, 0.2) is 72.8 Å². The van der Waals surface area contributed by atoms with E-state index in [1.807, 2.05) is 67.6 Å². The highest BCUT2D eigenvalue weighted by Gasteiger charge is 2.75. The zero-order valence-electron chi connectivity index (χ0n) is 24.9. The first-order valence-electron chi connectivity index (χ1n) is 14.7. The fourth-order valence-corrected chi connectivity index (χ4v) is 7.47. The van der Waals surface area contributed by atoms with Crippen LogP contribution in [0.25, 0.3) is 12.2 Å². The zero-order chi connectivity index (χ0) is 30.1. The number of carbonyl (C=O) groups is 3. The summed E-state index contributed by atoms with van der Waals surface area (Å²) in [7, 11) is 0. The predicted molar refractivity (Wildman–Crippen MR) is 159 cm³/mol. The third kappa shape index (κ3) is 5.54. The third-order valence-corrected chi connectivity index (χ3v) is 9.61. The van der Waals surface area contributed by atoms with Gasteiger partial charge >= 0.3 is 17.9 Å². The van der Waals surface area contributed by atoms with Gasteiger partial charge in [0.1, 0.15) is 12.2 Å². The van der Waals surface area contributed by atoms with Crippen molar-refractivity contribution < 1.29 is 33.3 Å². The highest BCUT2D eigenvalue weighted by molar-refractivity contribution is 5.88.